The second-order valence-electron chi connectivity index (χ2n) is 3.14. The van der Waals surface area contributed by atoms with Crippen LogP contribution in [-0.2, 0) is 9.47 Å². The third-order valence-electron chi connectivity index (χ3n) is 2.27. The Balaban J connectivity index is 2.85. The molecule has 0 spiro atoms. The molecule has 0 aromatic carbocycles. The van der Waals surface area contributed by atoms with Crippen LogP contribution in [-0.4, -0.2) is 59.7 Å². The van der Waals surface area contributed by atoms with Gasteiger partial charge < -0.3 is 24.8 Å². The minimum Gasteiger partial charge on any atom is -0.394 e. The summed E-state index contributed by atoms with van der Waals surface area (Å²) in [6.45, 7) is -0.453. The van der Waals surface area contributed by atoms with Gasteiger partial charge in [-0.15, -0.1) is 0 Å². The number of rotatable bonds is 3. The lowest BCUT2D eigenvalue weighted by atomic mass is 9.97. The molecular weight excluding hydrogens is 206 g/mol. The van der Waals surface area contributed by atoms with Crippen LogP contribution in [0.2, 0.25) is 0 Å². The molecule has 0 amide bonds. The standard InChI is InChI=1S/C7H13N3O5/c1-14-7-6(13)4(9-10-8)5(12)3(2-11)15-7/h3-7,11-13H,2H2,1H3/t3-,4-,5-,6+,7-/m1/s1. The Labute approximate surface area is 85.7 Å². The Kier molecular flexibility index (Phi) is 4.28. The second kappa shape index (κ2) is 5.26. The molecule has 1 aliphatic heterocycles. The van der Waals surface area contributed by atoms with Gasteiger partial charge in [0.15, 0.2) is 6.29 Å². The number of azide groups is 1. The van der Waals surface area contributed by atoms with Gasteiger partial charge in [0.05, 0.1) is 18.8 Å². The number of aliphatic hydroxyl groups excluding tert-OH is 3. The highest BCUT2D eigenvalue weighted by molar-refractivity contribution is 4.94. The Morgan fingerprint density at radius 3 is 2.60 bits per heavy atom. The molecule has 86 valence electrons. The molecule has 1 aliphatic rings. The van der Waals surface area contributed by atoms with Crippen molar-refractivity contribution in [3.05, 3.63) is 10.4 Å². The van der Waals surface area contributed by atoms with Gasteiger partial charge in [-0.05, 0) is 5.53 Å². The molecule has 1 saturated heterocycles. The van der Waals surface area contributed by atoms with Gasteiger partial charge in [-0.2, -0.15) is 0 Å². The minimum absolute atomic E-state index is 0.453. The van der Waals surface area contributed by atoms with Crippen molar-refractivity contribution >= 4 is 0 Å². The van der Waals surface area contributed by atoms with Crippen molar-refractivity contribution < 1.29 is 24.8 Å². The summed E-state index contributed by atoms with van der Waals surface area (Å²) in [7, 11) is 1.30. The Morgan fingerprint density at radius 1 is 1.47 bits per heavy atom. The van der Waals surface area contributed by atoms with Gasteiger partial charge in [0.25, 0.3) is 0 Å². The maximum Gasteiger partial charge on any atom is 0.184 e. The fraction of sp³-hybridized carbons (Fsp3) is 1.00. The highest BCUT2D eigenvalue weighted by Gasteiger charge is 2.43. The SMILES string of the molecule is CO[C@@H]1O[C@H](CO)[C@@H](O)[C@@H](N=[N+]=[N-])[C@@H]1O. The molecule has 0 bridgehead atoms. The van der Waals surface area contributed by atoms with Gasteiger partial charge in [-0.3, -0.25) is 0 Å². The highest BCUT2D eigenvalue weighted by Crippen LogP contribution is 2.23. The summed E-state index contributed by atoms with van der Waals surface area (Å²) in [6.07, 6.45) is -4.48. The first-order chi connectivity index (χ1) is 7.15. The van der Waals surface area contributed by atoms with Gasteiger partial charge in [0.2, 0.25) is 0 Å². The molecule has 1 heterocycles. The summed E-state index contributed by atoms with van der Waals surface area (Å²) in [4.78, 5) is 2.51. The van der Waals surface area contributed by atoms with E-state index >= 15 is 0 Å². The quantitative estimate of drug-likeness (QED) is 0.310. The number of nitrogens with zero attached hydrogens (tertiary/aromatic N) is 3. The summed E-state index contributed by atoms with van der Waals surface area (Å²) in [5.41, 5.74) is 8.26. The molecule has 0 radical (unpaired) electrons. The molecule has 0 aromatic rings. The van der Waals surface area contributed by atoms with Crippen molar-refractivity contribution in [2.45, 2.75) is 30.6 Å². The van der Waals surface area contributed by atoms with E-state index in [1.54, 1.807) is 0 Å². The molecule has 0 aliphatic carbocycles. The minimum atomic E-state index is -1.26. The first-order valence-corrected chi connectivity index (χ1v) is 4.35. The van der Waals surface area contributed by atoms with E-state index in [9.17, 15) is 10.2 Å². The van der Waals surface area contributed by atoms with Crippen molar-refractivity contribution in [1.29, 1.82) is 0 Å². The van der Waals surface area contributed by atoms with E-state index in [0.29, 0.717) is 0 Å². The lowest BCUT2D eigenvalue weighted by molar-refractivity contribution is -0.267. The molecule has 1 rings (SSSR count). The van der Waals surface area contributed by atoms with Crippen molar-refractivity contribution in [3.63, 3.8) is 0 Å². The van der Waals surface area contributed by atoms with E-state index in [1.807, 2.05) is 0 Å². The molecule has 0 unspecified atom stereocenters. The van der Waals surface area contributed by atoms with Crippen LogP contribution in [0.5, 0.6) is 0 Å². The van der Waals surface area contributed by atoms with E-state index in [4.69, 9.17) is 20.1 Å². The third-order valence-corrected chi connectivity index (χ3v) is 2.27. The van der Waals surface area contributed by atoms with Gasteiger partial charge in [-0.1, -0.05) is 5.11 Å². The van der Waals surface area contributed by atoms with Crippen molar-refractivity contribution in [1.82, 2.24) is 0 Å². The van der Waals surface area contributed by atoms with E-state index in [0.717, 1.165) is 0 Å². The average Bonchev–Trinajstić information content (AvgIpc) is 2.25. The third kappa shape index (κ3) is 2.37. The maximum absolute atomic E-state index is 9.59. The lowest BCUT2D eigenvalue weighted by Gasteiger charge is -2.39. The Bertz CT molecular complexity index is 241. The average molecular weight is 219 g/mol. The van der Waals surface area contributed by atoms with Crippen LogP contribution in [0.25, 0.3) is 10.4 Å². The molecule has 8 nitrogen and oxygen atoms in total. The summed E-state index contributed by atoms with van der Waals surface area (Å²) < 4.78 is 9.81. The van der Waals surface area contributed by atoms with Gasteiger partial charge >= 0.3 is 0 Å². The predicted octanol–water partition coefficient (Wildman–Crippen LogP) is -1.25. The zero-order valence-electron chi connectivity index (χ0n) is 8.09. The monoisotopic (exact) mass is 219 g/mol. The zero-order valence-corrected chi connectivity index (χ0v) is 8.09. The number of aliphatic hydroxyl groups is 3. The summed E-state index contributed by atoms with van der Waals surface area (Å²) in [6, 6.07) is -1.09. The molecule has 1 fully saturated rings. The number of methoxy groups -OCH3 is 1. The van der Waals surface area contributed by atoms with Crippen LogP contribution in [0, 0.1) is 0 Å². The van der Waals surface area contributed by atoms with Crippen LogP contribution in [0.15, 0.2) is 5.11 Å². The molecule has 8 heteroatoms. The highest BCUT2D eigenvalue weighted by atomic mass is 16.7. The molecule has 5 atom stereocenters. The molecule has 0 saturated carbocycles. The molecule has 15 heavy (non-hydrogen) atoms. The van der Waals surface area contributed by atoms with Crippen LogP contribution in [0.1, 0.15) is 0 Å². The smallest absolute Gasteiger partial charge is 0.184 e. The fourth-order valence-electron chi connectivity index (χ4n) is 1.46. The van der Waals surface area contributed by atoms with Crippen LogP contribution in [0.4, 0.5) is 0 Å². The van der Waals surface area contributed by atoms with Gasteiger partial charge in [0.1, 0.15) is 12.2 Å². The van der Waals surface area contributed by atoms with Crippen LogP contribution in [0.3, 0.4) is 0 Å². The summed E-state index contributed by atoms with van der Waals surface area (Å²) in [5, 5.41) is 31.3. The second-order valence-corrected chi connectivity index (χ2v) is 3.14. The first-order valence-electron chi connectivity index (χ1n) is 4.35. The summed E-state index contributed by atoms with van der Waals surface area (Å²) >= 11 is 0. The first kappa shape index (κ1) is 12.2. The van der Waals surface area contributed by atoms with Crippen molar-refractivity contribution in [2.75, 3.05) is 13.7 Å². The van der Waals surface area contributed by atoms with Gasteiger partial charge in [0, 0.05) is 12.0 Å². The Morgan fingerprint density at radius 2 is 2.13 bits per heavy atom. The van der Waals surface area contributed by atoms with E-state index in [-0.39, 0.29) is 0 Å². The van der Waals surface area contributed by atoms with Crippen LogP contribution >= 0.6 is 0 Å². The predicted molar refractivity (Wildman–Crippen MR) is 47.7 cm³/mol. The molecule has 3 N–H and O–H groups in total. The lowest BCUT2D eigenvalue weighted by Crippen LogP contribution is -2.58. The Hall–Kier alpha value is -0.890. The van der Waals surface area contributed by atoms with Crippen molar-refractivity contribution in [3.8, 4) is 0 Å². The van der Waals surface area contributed by atoms with Gasteiger partial charge in [-0.25, -0.2) is 0 Å². The van der Waals surface area contributed by atoms with E-state index < -0.39 is 37.3 Å². The van der Waals surface area contributed by atoms with Crippen molar-refractivity contribution in [2.24, 2.45) is 5.11 Å². The molecule has 0 aromatic heterocycles. The van der Waals surface area contributed by atoms with E-state index in [1.165, 1.54) is 7.11 Å². The normalized spacial score (nSPS) is 40.9. The molecular formula is C7H13N3O5. The number of hydrogen-bond donors (Lipinski definition) is 3. The largest absolute Gasteiger partial charge is 0.394 e. The fourth-order valence-corrected chi connectivity index (χ4v) is 1.46. The topological polar surface area (TPSA) is 128 Å². The number of hydrogen-bond acceptors (Lipinski definition) is 6. The number of ether oxygens (including phenoxy) is 2. The zero-order chi connectivity index (χ0) is 11.4. The van der Waals surface area contributed by atoms with E-state index in [2.05, 4.69) is 10.0 Å². The summed E-state index contributed by atoms with van der Waals surface area (Å²) in [5.74, 6) is 0. The maximum atomic E-state index is 9.59. The van der Waals surface area contributed by atoms with Crippen LogP contribution < -0.4 is 0 Å².